The molecular formula is C25H36O3. The highest BCUT2D eigenvalue weighted by Crippen LogP contribution is 2.68. The lowest BCUT2D eigenvalue weighted by molar-refractivity contribution is -0.175. The molecule has 0 bridgehead atoms. The van der Waals surface area contributed by atoms with Crippen molar-refractivity contribution in [3.05, 3.63) is 23.3 Å². The van der Waals surface area contributed by atoms with E-state index in [0.29, 0.717) is 24.0 Å². The van der Waals surface area contributed by atoms with Crippen molar-refractivity contribution in [1.29, 1.82) is 0 Å². The SMILES string of the molecule is CCC(=O)[C@@]1(C)CC[C@H]2[C@@H]3CC=C4CC5(CC[C@]4(C)C3=CC[C@@]21C)OCCO5. The van der Waals surface area contributed by atoms with E-state index in [-0.39, 0.29) is 22.0 Å². The second kappa shape index (κ2) is 6.04. The number of carbonyl (C=O) groups is 1. The van der Waals surface area contributed by atoms with Gasteiger partial charge in [0.1, 0.15) is 5.78 Å². The zero-order valence-electron chi connectivity index (χ0n) is 18.1. The first-order valence-electron chi connectivity index (χ1n) is 11.5. The first kappa shape index (κ1) is 19.1. The predicted molar refractivity (Wildman–Crippen MR) is 110 cm³/mol. The number of carbonyl (C=O) groups excluding carboxylic acids is 1. The number of allylic oxidation sites excluding steroid dienone is 3. The zero-order valence-corrected chi connectivity index (χ0v) is 18.1. The van der Waals surface area contributed by atoms with Gasteiger partial charge in [0.25, 0.3) is 0 Å². The maximum Gasteiger partial charge on any atom is 0.172 e. The molecule has 3 fully saturated rings. The van der Waals surface area contributed by atoms with Gasteiger partial charge in [-0.25, -0.2) is 0 Å². The second-order valence-corrected chi connectivity index (χ2v) is 10.7. The van der Waals surface area contributed by atoms with Crippen LogP contribution in [0.15, 0.2) is 23.3 Å². The van der Waals surface area contributed by atoms with Crippen molar-refractivity contribution in [2.24, 2.45) is 28.1 Å². The molecule has 154 valence electrons. The first-order valence-corrected chi connectivity index (χ1v) is 11.5. The van der Waals surface area contributed by atoms with Crippen molar-refractivity contribution in [2.45, 2.75) is 84.8 Å². The molecule has 3 nitrogen and oxygen atoms in total. The lowest BCUT2D eigenvalue weighted by Gasteiger charge is -2.56. The largest absolute Gasteiger partial charge is 0.347 e. The molecule has 2 saturated carbocycles. The van der Waals surface area contributed by atoms with E-state index in [1.807, 2.05) is 6.92 Å². The van der Waals surface area contributed by atoms with Gasteiger partial charge in [-0.05, 0) is 49.4 Å². The molecule has 0 aromatic rings. The standard InChI is InChI=1S/C25H36O3/c1-5-21(26)24(4)11-9-20-18-7-6-17-16-25(27-14-15-28-25)13-12-22(17,2)19(18)8-10-23(20,24)3/h6,8,18,20H,5,7,9-16H2,1-4H3/t18-,20+,22+,23+,24-/m1/s1. The Kier molecular flexibility index (Phi) is 4.11. The first-order chi connectivity index (χ1) is 13.3. The van der Waals surface area contributed by atoms with Crippen molar-refractivity contribution in [3.63, 3.8) is 0 Å². The minimum absolute atomic E-state index is 0.115. The van der Waals surface area contributed by atoms with Crippen molar-refractivity contribution in [3.8, 4) is 0 Å². The molecule has 28 heavy (non-hydrogen) atoms. The number of ether oxygens (including phenoxy) is 2. The number of ketones is 1. The van der Waals surface area contributed by atoms with Gasteiger partial charge in [-0.1, -0.05) is 51.0 Å². The lowest BCUT2D eigenvalue weighted by Crippen LogP contribution is -2.50. The maximum atomic E-state index is 12.9. The Morgan fingerprint density at radius 2 is 1.86 bits per heavy atom. The van der Waals surface area contributed by atoms with E-state index >= 15 is 0 Å². The number of fused-ring (bicyclic) bond motifs is 5. The predicted octanol–water partition coefficient (Wildman–Crippen LogP) is 5.60. The monoisotopic (exact) mass is 384 g/mol. The fraction of sp³-hybridized carbons (Fsp3) is 0.800. The highest BCUT2D eigenvalue weighted by atomic mass is 16.7. The molecule has 0 aromatic heterocycles. The van der Waals surface area contributed by atoms with Crippen LogP contribution in [0.5, 0.6) is 0 Å². The van der Waals surface area contributed by atoms with Crippen LogP contribution < -0.4 is 0 Å². The number of hydrogen-bond acceptors (Lipinski definition) is 3. The van der Waals surface area contributed by atoms with Crippen LogP contribution in [-0.2, 0) is 14.3 Å². The van der Waals surface area contributed by atoms with Crippen LogP contribution in [0.4, 0.5) is 0 Å². The van der Waals surface area contributed by atoms with Gasteiger partial charge in [0.15, 0.2) is 5.79 Å². The Morgan fingerprint density at radius 3 is 2.57 bits per heavy atom. The number of rotatable bonds is 2. The van der Waals surface area contributed by atoms with E-state index in [4.69, 9.17) is 9.47 Å². The summed E-state index contributed by atoms with van der Waals surface area (Å²) in [7, 11) is 0. The maximum absolute atomic E-state index is 12.9. The van der Waals surface area contributed by atoms with E-state index in [9.17, 15) is 4.79 Å². The normalized spacial score (nSPS) is 46.4. The molecule has 0 amide bonds. The number of hydrogen-bond donors (Lipinski definition) is 0. The summed E-state index contributed by atoms with van der Waals surface area (Å²) in [6.07, 6.45) is 13.3. The third-order valence-electron chi connectivity index (χ3n) is 9.85. The summed E-state index contributed by atoms with van der Waals surface area (Å²) >= 11 is 0. The van der Waals surface area contributed by atoms with Crippen LogP contribution >= 0.6 is 0 Å². The minimum Gasteiger partial charge on any atom is -0.347 e. The average Bonchev–Trinajstić information content (AvgIpc) is 3.25. The summed E-state index contributed by atoms with van der Waals surface area (Å²) in [5.41, 5.74) is 3.34. The molecule has 0 aromatic carbocycles. The van der Waals surface area contributed by atoms with Gasteiger partial charge in [-0.3, -0.25) is 4.79 Å². The van der Waals surface area contributed by atoms with Gasteiger partial charge in [0, 0.05) is 30.1 Å². The van der Waals surface area contributed by atoms with E-state index < -0.39 is 0 Å². The molecule has 3 heteroatoms. The lowest BCUT2D eigenvalue weighted by atomic mass is 9.49. The molecule has 4 aliphatic carbocycles. The molecule has 1 spiro atoms. The highest BCUT2D eigenvalue weighted by Gasteiger charge is 2.62. The van der Waals surface area contributed by atoms with Gasteiger partial charge in [0.05, 0.1) is 13.2 Å². The van der Waals surface area contributed by atoms with E-state index in [1.165, 1.54) is 12.0 Å². The van der Waals surface area contributed by atoms with E-state index in [1.54, 1.807) is 5.57 Å². The van der Waals surface area contributed by atoms with E-state index in [0.717, 1.165) is 51.7 Å². The molecule has 5 aliphatic rings. The topological polar surface area (TPSA) is 35.5 Å². The third kappa shape index (κ3) is 2.27. The third-order valence-corrected chi connectivity index (χ3v) is 9.85. The van der Waals surface area contributed by atoms with Gasteiger partial charge in [-0.15, -0.1) is 0 Å². The van der Waals surface area contributed by atoms with Crippen LogP contribution in [0, 0.1) is 28.1 Å². The van der Waals surface area contributed by atoms with Crippen LogP contribution in [0.25, 0.3) is 0 Å². The van der Waals surface area contributed by atoms with Crippen molar-refractivity contribution in [1.82, 2.24) is 0 Å². The zero-order chi connectivity index (χ0) is 19.8. The Bertz CT molecular complexity index is 758. The summed E-state index contributed by atoms with van der Waals surface area (Å²) in [5, 5.41) is 0. The summed E-state index contributed by atoms with van der Waals surface area (Å²) in [4.78, 5) is 12.9. The molecule has 0 radical (unpaired) electrons. The molecule has 1 heterocycles. The quantitative estimate of drug-likeness (QED) is 0.582. The Balaban J connectivity index is 1.49. The molecule has 0 unspecified atom stereocenters. The smallest absolute Gasteiger partial charge is 0.172 e. The fourth-order valence-electron chi connectivity index (χ4n) is 7.76. The molecular weight excluding hydrogens is 348 g/mol. The number of Topliss-reactive ketones (excluding diaryl/α,β-unsaturated/α-hetero) is 1. The summed E-state index contributed by atoms with van der Waals surface area (Å²) in [5.74, 6) is 1.38. The Hall–Kier alpha value is -0.930. The molecule has 1 aliphatic heterocycles. The van der Waals surface area contributed by atoms with Gasteiger partial charge in [0.2, 0.25) is 0 Å². The molecule has 5 atom stereocenters. The van der Waals surface area contributed by atoms with E-state index in [2.05, 4.69) is 32.9 Å². The average molecular weight is 385 g/mol. The minimum atomic E-state index is -0.346. The van der Waals surface area contributed by atoms with Crippen LogP contribution in [-0.4, -0.2) is 24.8 Å². The van der Waals surface area contributed by atoms with Crippen molar-refractivity contribution in [2.75, 3.05) is 13.2 Å². The summed E-state index contributed by atoms with van der Waals surface area (Å²) in [6, 6.07) is 0. The summed E-state index contributed by atoms with van der Waals surface area (Å²) in [6.45, 7) is 10.7. The Labute approximate surface area is 169 Å². The van der Waals surface area contributed by atoms with Crippen LogP contribution in [0.1, 0.15) is 79.1 Å². The molecule has 1 saturated heterocycles. The van der Waals surface area contributed by atoms with Crippen LogP contribution in [0.3, 0.4) is 0 Å². The van der Waals surface area contributed by atoms with Crippen molar-refractivity contribution < 1.29 is 14.3 Å². The molecule has 5 rings (SSSR count). The van der Waals surface area contributed by atoms with Crippen LogP contribution in [0.2, 0.25) is 0 Å². The van der Waals surface area contributed by atoms with Gasteiger partial charge >= 0.3 is 0 Å². The van der Waals surface area contributed by atoms with Gasteiger partial charge in [-0.2, -0.15) is 0 Å². The fourth-order valence-corrected chi connectivity index (χ4v) is 7.76. The van der Waals surface area contributed by atoms with Gasteiger partial charge < -0.3 is 9.47 Å². The van der Waals surface area contributed by atoms with Crippen molar-refractivity contribution >= 4 is 5.78 Å². The second-order valence-electron chi connectivity index (χ2n) is 10.7. The highest BCUT2D eigenvalue weighted by molar-refractivity contribution is 5.85. The molecule has 0 N–H and O–H groups in total. The summed E-state index contributed by atoms with van der Waals surface area (Å²) < 4.78 is 12.1. The Morgan fingerprint density at radius 1 is 1.11 bits per heavy atom.